The van der Waals surface area contributed by atoms with Gasteiger partial charge in [-0.1, -0.05) is 5.92 Å². The Hall–Kier alpha value is -1.34. The van der Waals surface area contributed by atoms with Crippen molar-refractivity contribution in [2.45, 2.75) is 6.92 Å². The van der Waals surface area contributed by atoms with E-state index in [2.05, 4.69) is 16.8 Å². The van der Waals surface area contributed by atoms with Crippen LogP contribution in [0.3, 0.4) is 0 Å². The number of thiazole rings is 1. The molecule has 0 unspecified atom stereocenters. The predicted octanol–water partition coefficient (Wildman–Crippen LogP) is 1.21. The third-order valence-corrected chi connectivity index (χ3v) is 1.71. The first-order chi connectivity index (χ1) is 5.24. The van der Waals surface area contributed by atoms with E-state index in [1.165, 1.54) is 16.7 Å². The second-order valence-electron chi connectivity index (χ2n) is 1.72. The predicted molar refractivity (Wildman–Crippen MR) is 41.6 cm³/mol. The van der Waals surface area contributed by atoms with Crippen LogP contribution in [0.1, 0.15) is 22.4 Å². The highest BCUT2D eigenvalue weighted by molar-refractivity contribution is 7.10. The summed E-state index contributed by atoms with van der Waals surface area (Å²) in [6.45, 7) is 1.68. The molecule has 1 rings (SSSR count). The fourth-order valence-corrected chi connectivity index (χ4v) is 1.23. The zero-order valence-electron chi connectivity index (χ0n) is 5.79. The number of hydrogen-bond acceptors (Lipinski definition) is 3. The number of aromatic carboxylic acids is 1. The number of carboxylic acid groups (broad SMARTS) is 1. The van der Waals surface area contributed by atoms with E-state index in [0.717, 1.165) is 0 Å². The molecule has 0 aliphatic carbocycles. The summed E-state index contributed by atoms with van der Waals surface area (Å²) in [4.78, 5) is 14.1. The van der Waals surface area contributed by atoms with E-state index < -0.39 is 5.97 Å². The summed E-state index contributed by atoms with van der Waals surface area (Å²) in [5.41, 5.74) is 0.0627. The maximum atomic E-state index is 10.3. The van der Waals surface area contributed by atoms with Crippen LogP contribution in [0.25, 0.3) is 0 Å². The fourth-order valence-electron chi connectivity index (χ4n) is 0.536. The molecule has 4 heteroatoms. The summed E-state index contributed by atoms with van der Waals surface area (Å²) < 4.78 is 0. The summed E-state index contributed by atoms with van der Waals surface area (Å²) in [5.74, 6) is 4.31. The minimum absolute atomic E-state index is 0.0627. The van der Waals surface area contributed by atoms with Gasteiger partial charge in [0.25, 0.3) is 0 Å². The second kappa shape index (κ2) is 3.17. The number of aromatic nitrogens is 1. The minimum Gasteiger partial charge on any atom is -0.476 e. The van der Waals surface area contributed by atoms with Gasteiger partial charge >= 0.3 is 5.97 Å². The standard InChI is InChI=1S/C7H5NO2S/c1-2-3-6-8-5(4-11-6)7(9)10/h4H,1H3,(H,9,10). The molecule has 0 atom stereocenters. The van der Waals surface area contributed by atoms with Crippen LogP contribution >= 0.6 is 11.3 Å². The van der Waals surface area contributed by atoms with Gasteiger partial charge in [0.15, 0.2) is 10.7 Å². The van der Waals surface area contributed by atoms with Gasteiger partial charge in [0, 0.05) is 5.38 Å². The lowest BCUT2D eigenvalue weighted by atomic mass is 10.5. The first-order valence-electron chi connectivity index (χ1n) is 2.85. The first-order valence-corrected chi connectivity index (χ1v) is 3.73. The minimum atomic E-state index is -1.01. The van der Waals surface area contributed by atoms with Crippen LogP contribution in [0, 0.1) is 11.8 Å². The normalized spacial score (nSPS) is 8.45. The van der Waals surface area contributed by atoms with Crippen molar-refractivity contribution in [3.05, 3.63) is 16.1 Å². The summed E-state index contributed by atoms with van der Waals surface area (Å²) >= 11 is 1.24. The fraction of sp³-hybridized carbons (Fsp3) is 0.143. The van der Waals surface area contributed by atoms with Crippen molar-refractivity contribution in [1.82, 2.24) is 4.98 Å². The summed E-state index contributed by atoms with van der Waals surface area (Å²) in [7, 11) is 0. The summed E-state index contributed by atoms with van der Waals surface area (Å²) in [6.07, 6.45) is 0. The van der Waals surface area contributed by atoms with Crippen molar-refractivity contribution in [3.8, 4) is 11.8 Å². The topological polar surface area (TPSA) is 50.2 Å². The molecule has 0 aromatic carbocycles. The van der Waals surface area contributed by atoms with Gasteiger partial charge in [0.2, 0.25) is 0 Å². The van der Waals surface area contributed by atoms with Crippen molar-refractivity contribution in [2.75, 3.05) is 0 Å². The summed E-state index contributed by atoms with van der Waals surface area (Å²) in [6, 6.07) is 0. The molecule has 0 fully saturated rings. The quantitative estimate of drug-likeness (QED) is 0.639. The summed E-state index contributed by atoms with van der Waals surface area (Å²) in [5, 5.41) is 10.5. The molecular formula is C7H5NO2S. The van der Waals surface area contributed by atoms with Gasteiger partial charge in [0.05, 0.1) is 0 Å². The van der Waals surface area contributed by atoms with Gasteiger partial charge < -0.3 is 5.11 Å². The molecule has 3 nitrogen and oxygen atoms in total. The van der Waals surface area contributed by atoms with Crippen LogP contribution in [0.5, 0.6) is 0 Å². The lowest BCUT2D eigenvalue weighted by Gasteiger charge is -1.79. The molecular weight excluding hydrogens is 162 g/mol. The number of hydrogen-bond donors (Lipinski definition) is 1. The molecule has 0 aliphatic rings. The largest absolute Gasteiger partial charge is 0.476 e. The van der Waals surface area contributed by atoms with E-state index in [0.29, 0.717) is 5.01 Å². The smallest absolute Gasteiger partial charge is 0.355 e. The number of carboxylic acids is 1. The number of carbonyl (C=O) groups is 1. The maximum Gasteiger partial charge on any atom is 0.355 e. The molecule has 1 N–H and O–H groups in total. The Labute approximate surface area is 67.7 Å². The Balaban J connectivity index is 2.96. The van der Waals surface area contributed by atoms with Crippen LogP contribution < -0.4 is 0 Å². The van der Waals surface area contributed by atoms with E-state index in [-0.39, 0.29) is 5.69 Å². The van der Waals surface area contributed by atoms with Crippen LogP contribution in [-0.4, -0.2) is 16.1 Å². The lowest BCUT2D eigenvalue weighted by molar-refractivity contribution is 0.0691. The molecule has 0 aliphatic heterocycles. The molecule has 0 saturated carbocycles. The van der Waals surface area contributed by atoms with Crippen molar-refractivity contribution < 1.29 is 9.90 Å². The average Bonchev–Trinajstić information content (AvgIpc) is 2.37. The van der Waals surface area contributed by atoms with Gasteiger partial charge in [-0.3, -0.25) is 0 Å². The molecule has 1 aromatic rings. The van der Waals surface area contributed by atoms with Crippen molar-refractivity contribution in [3.63, 3.8) is 0 Å². The van der Waals surface area contributed by atoms with Crippen LogP contribution in [0.2, 0.25) is 0 Å². The zero-order chi connectivity index (χ0) is 8.27. The van der Waals surface area contributed by atoms with Gasteiger partial charge in [0.1, 0.15) is 0 Å². The van der Waals surface area contributed by atoms with Crippen molar-refractivity contribution in [1.29, 1.82) is 0 Å². The Morgan fingerprint density at radius 3 is 3.00 bits per heavy atom. The molecule has 0 amide bonds. The van der Waals surface area contributed by atoms with Gasteiger partial charge in [-0.2, -0.15) is 0 Å². The van der Waals surface area contributed by atoms with E-state index in [9.17, 15) is 4.79 Å². The number of rotatable bonds is 1. The van der Waals surface area contributed by atoms with Crippen molar-refractivity contribution in [2.24, 2.45) is 0 Å². The molecule has 1 heterocycles. The SMILES string of the molecule is CC#Cc1nc(C(=O)O)cs1. The van der Waals surface area contributed by atoms with Gasteiger partial charge in [-0.05, 0) is 12.8 Å². The van der Waals surface area contributed by atoms with Crippen LogP contribution in [0.4, 0.5) is 0 Å². The lowest BCUT2D eigenvalue weighted by Crippen LogP contribution is -1.95. The third kappa shape index (κ3) is 1.79. The van der Waals surface area contributed by atoms with E-state index in [4.69, 9.17) is 5.11 Å². The zero-order valence-corrected chi connectivity index (χ0v) is 6.60. The van der Waals surface area contributed by atoms with Crippen LogP contribution in [0.15, 0.2) is 5.38 Å². The Kier molecular flexibility index (Phi) is 2.24. The average molecular weight is 167 g/mol. The monoisotopic (exact) mass is 167 g/mol. The highest BCUT2D eigenvalue weighted by Crippen LogP contribution is 2.07. The highest BCUT2D eigenvalue weighted by Gasteiger charge is 2.05. The Bertz CT molecular complexity index is 332. The van der Waals surface area contributed by atoms with Crippen LogP contribution in [-0.2, 0) is 0 Å². The molecule has 0 bridgehead atoms. The Morgan fingerprint density at radius 1 is 1.82 bits per heavy atom. The first kappa shape index (κ1) is 7.76. The van der Waals surface area contributed by atoms with Gasteiger partial charge in [-0.15, -0.1) is 11.3 Å². The third-order valence-electron chi connectivity index (χ3n) is 0.955. The molecule has 0 spiro atoms. The molecule has 0 radical (unpaired) electrons. The highest BCUT2D eigenvalue weighted by atomic mass is 32.1. The van der Waals surface area contributed by atoms with Gasteiger partial charge in [-0.25, -0.2) is 9.78 Å². The molecule has 0 saturated heterocycles. The molecule has 11 heavy (non-hydrogen) atoms. The van der Waals surface area contributed by atoms with E-state index >= 15 is 0 Å². The molecule has 1 aromatic heterocycles. The van der Waals surface area contributed by atoms with Crippen molar-refractivity contribution >= 4 is 17.3 Å². The maximum absolute atomic E-state index is 10.3. The Morgan fingerprint density at radius 2 is 2.55 bits per heavy atom. The number of nitrogens with zero attached hydrogens (tertiary/aromatic N) is 1. The van der Waals surface area contributed by atoms with E-state index in [1.807, 2.05) is 0 Å². The molecule has 56 valence electrons. The van der Waals surface area contributed by atoms with E-state index in [1.54, 1.807) is 6.92 Å². The second-order valence-corrected chi connectivity index (χ2v) is 2.58.